The van der Waals surface area contributed by atoms with Crippen molar-refractivity contribution in [1.29, 1.82) is 0 Å². The van der Waals surface area contributed by atoms with Gasteiger partial charge in [0.2, 0.25) is 0 Å². The third kappa shape index (κ3) is 4.23. The molecule has 2 spiro atoms. The largest absolute Gasteiger partial charge is 0.457 e. The van der Waals surface area contributed by atoms with Gasteiger partial charge in [-0.3, -0.25) is 4.79 Å². The summed E-state index contributed by atoms with van der Waals surface area (Å²) in [6, 6.07) is 0. The molecule has 9 nitrogen and oxygen atoms in total. The molecule has 0 aromatic carbocycles. The zero-order valence-electron chi connectivity index (χ0n) is 28.3. The molecule has 5 saturated carbocycles. The van der Waals surface area contributed by atoms with Crippen molar-refractivity contribution in [2.75, 3.05) is 13.1 Å². The minimum Gasteiger partial charge on any atom is -0.457 e. The highest BCUT2D eigenvalue weighted by Gasteiger charge is 2.84. The summed E-state index contributed by atoms with van der Waals surface area (Å²) in [5.74, 6) is 0.857. The number of ether oxygens (including phenoxy) is 3. The van der Waals surface area contributed by atoms with E-state index in [2.05, 4.69) is 39.9 Å². The Hall–Kier alpha value is -1.42. The second-order valence-electron chi connectivity index (χ2n) is 17.3. The van der Waals surface area contributed by atoms with Gasteiger partial charge in [-0.05, 0) is 105 Å². The number of hydrogen-bond acceptors (Lipinski definition) is 8. The van der Waals surface area contributed by atoms with E-state index in [9.17, 15) is 19.8 Å². The average molecular weight is 619 g/mol. The van der Waals surface area contributed by atoms with Crippen molar-refractivity contribution in [2.45, 2.75) is 143 Å². The van der Waals surface area contributed by atoms with Gasteiger partial charge in [-0.25, -0.2) is 4.79 Å². The Morgan fingerprint density at radius 2 is 1.73 bits per heavy atom. The molecule has 9 heteroatoms. The molecule has 1 heterocycles. The topological polar surface area (TPSA) is 140 Å². The summed E-state index contributed by atoms with van der Waals surface area (Å²) < 4.78 is 18.5. The number of amides is 1. The molecule has 6 rings (SSSR count). The Kier molecular flexibility index (Phi) is 7.60. The molecule has 6 fully saturated rings. The highest BCUT2D eigenvalue weighted by atomic mass is 16.6. The van der Waals surface area contributed by atoms with Gasteiger partial charge in [-0.2, -0.15) is 0 Å². The van der Waals surface area contributed by atoms with Crippen molar-refractivity contribution in [3.63, 3.8) is 0 Å². The number of aliphatic hydroxyl groups is 2. The third-order valence-electron chi connectivity index (χ3n) is 14.8. The molecule has 6 aliphatic rings. The van der Waals surface area contributed by atoms with Gasteiger partial charge in [0, 0.05) is 30.8 Å². The van der Waals surface area contributed by atoms with Crippen LogP contribution in [0.4, 0.5) is 4.79 Å². The second kappa shape index (κ2) is 10.3. The number of rotatable bonds is 6. The molecule has 13 atom stereocenters. The maximum atomic E-state index is 12.5. The van der Waals surface area contributed by atoms with Gasteiger partial charge < -0.3 is 35.5 Å². The number of nitrogens with one attached hydrogen (secondary N) is 1. The molecule has 1 amide bonds. The predicted molar refractivity (Wildman–Crippen MR) is 165 cm³/mol. The zero-order valence-corrected chi connectivity index (χ0v) is 28.3. The van der Waals surface area contributed by atoms with Crippen LogP contribution in [-0.2, 0) is 19.0 Å². The summed E-state index contributed by atoms with van der Waals surface area (Å²) >= 11 is 0. The number of aliphatic hydroxyl groups excluding tert-OH is 1. The van der Waals surface area contributed by atoms with Crippen molar-refractivity contribution >= 4 is 12.1 Å². The van der Waals surface area contributed by atoms with E-state index in [4.69, 9.17) is 19.9 Å². The first-order valence-electron chi connectivity index (χ1n) is 17.3. The molecule has 5 aliphatic carbocycles. The summed E-state index contributed by atoms with van der Waals surface area (Å²) in [7, 11) is 0. The Labute approximate surface area is 263 Å². The summed E-state index contributed by atoms with van der Waals surface area (Å²) in [4.78, 5) is 24.6. The average Bonchev–Trinajstić information content (AvgIpc) is 3.56. The van der Waals surface area contributed by atoms with Crippen molar-refractivity contribution < 1.29 is 34.0 Å². The second-order valence-corrected chi connectivity index (χ2v) is 17.3. The van der Waals surface area contributed by atoms with Crippen LogP contribution in [0.1, 0.15) is 107 Å². The van der Waals surface area contributed by atoms with Crippen LogP contribution in [0.2, 0.25) is 0 Å². The SMILES string of the molecule is CC(=O)O[C@@H]([C@@H]1C[C@@H](C)[C@H]2[C@H](O1)[C@H](O)[C@@]1(C)[C@@H]3CC[C@H]4C(C)(C)[C@@H](OC(=O)NCCN)CC[C@@]45C[C@@]35CC[C@]21C)C(C)(C)O. The lowest BCUT2D eigenvalue weighted by Gasteiger charge is -2.63. The van der Waals surface area contributed by atoms with Crippen LogP contribution in [0, 0.1) is 50.7 Å². The van der Waals surface area contributed by atoms with Crippen LogP contribution in [-0.4, -0.2) is 71.5 Å². The summed E-state index contributed by atoms with van der Waals surface area (Å²) in [6.07, 6.45) is 5.39. The number of nitrogens with two attached hydrogens (primary N) is 1. The van der Waals surface area contributed by atoms with Gasteiger partial charge in [0.1, 0.15) is 6.10 Å². The number of esters is 1. The molecule has 0 radical (unpaired) electrons. The quantitative estimate of drug-likeness (QED) is 0.318. The monoisotopic (exact) mass is 618 g/mol. The minimum atomic E-state index is -1.27. The van der Waals surface area contributed by atoms with Crippen molar-refractivity contribution in [3.05, 3.63) is 0 Å². The Balaban J connectivity index is 1.27. The number of alkyl carbamates (subject to hydrolysis) is 1. The molecule has 0 unspecified atom stereocenters. The lowest BCUT2D eigenvalue weighted by Crippen LogP contribution is -2.60. The summed E-state index contributed by atoms with van der Waals surface area (Å²) in [5, 5.41) is 26.2. The van der Waals surface area contributed by atoms with Crippen molar-refractivity contribution in [1.82, 2.24) is 5.32 Å². The maximum Gasteiger partial charge on any atom is 0.407 e. The highest BCUT2D eigenvalue weighted by Crippen LogP contribution is 2.89. The van der Waals surface area contributed by atoms with E-state index in [0.717, 1.165) is 32.1 Å². The van der Waals surface area contributed by atoms with E-state index in [0.29, 0.717) is 31.3 Å². The molecule has 5 N–H and O–H groups in total. The molecule has 0 aromatic rings. The molecule has 0 aromatic heterocycles. The fraction of sp³-hybridized carbons (Fsp3) is 0.943. The molecular weight excluding hydrogens is 560 g/mol. The van der Waals surface area contributed by atoms with Crippen LogP contribution in [0.15, 0.2) is 0 Å². The third-order valence-corrected chi connectivity index (χ3v) is 14.8. The van der Waals surface area contributed by atoms with Crippen LogP contribution >= 0.6 is 0 Å². The molecule has 0 bridgehead atoms. The van der Waals surface area contributed by atoms with Gasteiger partial charge in [-0.15, -0.1) is 0 Å². The number of fused-ring (bicyclic) bond motifs is 4. The van der Waals surface area contributed by atoms with E-state index in [1.165, 1.54) is 19.8 Å². The van der Waals surface area contributed by atoms with E-state index in [1.54, 1.807) is 13.8 Å². The summed E-state index contributed by atoms with van der Waals surface area (Å²) in [5.41, 5.74) is 4.19. The smallest absolute Gasteiger partial charge is 0.407 e. The van der Waals surface area contributed by atoms with Crippen LogP contribution in [0.3, 0.4) is 0 Å². The standard InChI is InChI=1S/C35H58N2O7/c1-19-17-21(28(31(5,6)41)42-20(2)38)43-26-25(19)32(7)13-14-35-18-34(35)12-11-24(44-29(40)37-16-15-36)30(3,4)22(34)9-10-23(35)33(32,8)27(26)39/h19,21-28,39,41H,9-18,36H2,1-8H3,(H,37,40)/t19-,21+,22+,23+,24+,25+,26+,27+,28+,32-,33-,34-,35+/m1/s1. The van der Waals surface area contributed by atoms with Crippen LogP contribution in [0.25, 0.3) is 0 Å². The van der Waals surface area contributed by atoms with Crippen LogP contribution in [0.5, 0.6) is 0 Å². The fourth-order valence-electron chi connectivity index (χ4n) is 12.9. The highest BCUT2D eigenvalue weighted by molar-refractivity contribution is 5.67. The first-order valence-corrected chi connectivity index (χ1v) is 17.3. The van der Waals surface area contributed by atoms with Gasteiger partial charge in [0.15, 0.2) is 6.10 Å². The molecule has 1 saturated heterocycles. The minimum absolute atomic E-state index is 0.0867. The van der Waals surface area contributed by atoms with Gasteiger partial charge >= 0.3 is 12.1 Å². The van der Waals surface area contributed by atoms with Crippen LogP contribution < -0.4 is 11.1 Å². The predicted octanol–water partition coefficient (Wildman–Crippen LogP) is 4.56. The van der Waals surface area contributed by atoms with Gasteiger partial charge in [-0.1, -0.05) is 34.6 Å². The number of carbonyl (C=O) groups is 2. The molecule has 250 valence electrons. The molecule has 1 aliphatic heterocycles. The van der Waals surface area contributed by atoms with Gasteiger partial charge in [0.05, 0.1) is 23.9 Å². The maximum absolute atomic E-state index is 12.5. The number of carbonyl (C=O) groups excluding carboxylic acids is 2. The van der Waals surface area contributed by atoms with Crippen molar-refractivity contribution in [2.24, 2.45) is 56.5 Å². The first kappa shape index (κ1) is 32.5. The van der Waals surface area contributed by atoms with E-state index < -0.39 is 29.9 Å². The molecule has 44 heavy (non-hydrogen) atoms. The Morgan fingerprint density at radius 1 is 1.07 bits per heavy atom. The Morgan fingerprint density at radius 3 is 2.36 bits per heavy atom. The van der Waals surface area contributed by atoms with Gasteiger partial charge in [0.25, 0.3) is 0 Å². The number of hydrogen-bond donors (Lipinski definition) is 4. The van der Waals surface area contributed by atoms with E-state index in [-0.39, 0.29) is 57.2 Å². The molecular formula is C35H58N2O7. The zero-order chi connectivity index (χ0) is 32.3. The normalized spacial score (nSPS) is 49.2. The fourth-order valence-corrected chi connectivity index (χ4v) is 12.9. The van der Waals surface area contributed by atoms with E-state index >= 15 is 0 Å². The summed E-state index contributed by atoms with van der Waals surface area (Å²) in [6.45, 7) is 17.1. The van der Waals surface area contributed by atoms with E-state index in [1.807, 2.05) is 0 Å². The van der Waals surface area contributed by atoms with Crippen molar-refractivity contribution in [3.8, 4) is 0 Å². The lowest BCUT2D eigenvalue weighted by atomic mass is 9.41. The lowest BCUT2D eigenvalue weighted by molar-refractivity contribution is -0.216. The first-order chi connectivity index (χ1) is 20.4. The Bertz CT molecular complexity index is 1170.